The summed E-state index contributed by atoms with van der Waals surface area (Å²) in [6.07, 6.45) is 8.71. The van der Waals surface area contributed by atoms with Crippen molar-refractivity contribution < 1.29 is 0 Å². The first-order valence-corrected chi connectivity index (χ1v) is 5.09. The van der Waals surface area contributed by atoms with Crippen LogP contribution in [0.4, 0.5) is 0 Å². The maximum Gasteiger partial charge on any atom is 0.0222 e. The number of allylic oxidation sites excluding steroid dienone is 4. The maximum absolute atomic E-state index is 5.35. The highest BCUT2D eigenvalue weighted by Crippen LogP contribution is 2.09. The van der Waals surface area contributed by atoms with Gasteiger partial charge in [-0.15, -0.1) is 0 Å². The summed E-state index contributed by atoms with van der Waals surface area (Å²) >= 11 is 1.24. The molecule has 12 heavy (non-hydrogen) atoms. The largest absolute Gasteiger partial charge is 0.274 e. The topological polar surface area (TPSA) is 26.0 Å². The lowest BCUT2D eigenvalue weighted by Gasteiger charge is -1.91. The lowest BCUT2D eigenvalue weighted by atomic mass is 10.4. The van der Waals surface area contributed by atoms with Crippen molar-refractivity contribution in [2.24, 2.45) is 5.14 Å². The third-order valence-electron chi connectivity index (χ3n) is 0.936. The van der Waals surface area contributed by atoms with Gasteiger partial charge >= 0.3 is 0 Å². The third kappa shape index (κ3) is 9.53. The second-order valence-electron chi connectivity index (χ2n) is 1.73. The van der Waals surface area contributed by atoms with Crippen molar-refractivity contribution in [2.45, 2.75) is 27.2 Å². The molecule has 2 N–H and O–H groups in total. The molecule has 0 bridgehead atoms. The molecule has 0 spiro atoms. The smallest absolute Gasteiger partial charge is 0.0222 e. The molecule has 0 aliphatic heterocycles. The molecule has 0 aliphatic rings. The summed E-state index contributed by atoms with van der Waals surface area (Å²) in [5.41, 5.74) is 0. The van der Waals surface area contributed by atoms with Crippen molar-refractivity contribution in [2.75, 3.05) is 0 Å². The van der Waals surface area contributed by atoms with Crippen LogP contribution in [0.3, 0.4) is 0 Å². The lowest BCUT2D eigenvalue weighted by Crippen LogP contribution is -1.78. The zero-order valence-electron chi connectivity index (χ0n) is 8.21. The fourth-order valence-corrected chi connectivity index (χ4v) is 0.834. The van der Waals surface area contributed by atoms with Gasteiger partial charge in [0.1, 0.15) is 0 Å². The monoisotopic (exact) mass is 185 g/mol. The first-order valence-electron chi connectivity index (χ1n) is 4.21. The van der Waals surface area contributed by atoms with Gasteiger partial charge in [-0.05, 0) is 24.4 Å². The van der Waals surface area contributed by atoms with E-state index < -0.39 is 0 Å². The number of hydrogen-bond donors (Lipinski definition) is 1. The second kappa shape index (κ2) is 13.1. The van der Waals surface area contributed by atoms with Crippen LogP contribution < -0.4 is 5.14 Å². The Morgan fingerprint density at radius 3 is 2.42 bits per heavy atom. The van der Waals surface area contributed by atoms with E-state index >= 15 is 0 Å². The molecule has 70 valence electrons. The SMILES string of the molecule is C=C/C=C(\C=C/CC)SN.CC. The van der Waals surface area contributed by atoms with Crippen LogP contribution >= 0.6 is 11.9 Å². The van der Waals surface area contributed by atoms with Crippen LogP contribution in [0.15, 0.2) is 35.8 Å². The van der Waals surface area contributed by atoms with Crippen LogP contribution in [-0.4, -0.2) is 0 Å². The van der Waals surface area contributed by atoms with E-state index in [0.717, 1.165) is 11.3 Å². The maximum atomic E-state index is 5.35. The minimum absolute atomic E-state index is 1.04. The second-order valence-corrected chi connectivity index (χ2v) is 2.44. The molecule has 0 unspecified atom stereocenters. The van der Waals surface area contributed by atoms with Crippen LogP contribution in [0.5, 0.6) is 0 Å². The third-order valence-corrected chi connectivity index (χ3v) is 1.48. The molecular weight excluding hydrogens is 166 g/mol. The summed E-state index contributed by atoms with van der Waals surface area (Å²) in [4.78, 5) is 1.04. The molecule has 0 aromatic heterocycles. The van der Waals surface area contributed by atoms with Crippen molar-refractivity contribution in [1.82, 2.24) is 0 Å². The average Bonchev–Trinajstić information content (AvgIpc) is 2.15. The highest BCUT2D eigenvalue weighted by molar-refractivity contribution is 8.01. The van der Waals surface area contributed by atoms with Crippen LogP contribution in [0.1, 0.15) is 27.2 Å². The Bertz CT molecular complexity index is 148. The molecule has 0 heterocycles. The number of hydrogen-bond acceptors (Lipinski definition) is 2. The minimum atomic E-state index is 1.04. The van der Waals surface area contributed by atoms with Crippen molar-refractivity contribution >= 4 is 11.9 Å². The van der Waals surface area contributed by atoms with Crippen molar-refractivity contribution in [3.63, 3.8) is 0 Å². The molecule has 0 aliphatic carbocycles. The summed E-state index contributed by atoms with van der Waals surface area (Å²) in [6.45, 7) is 9.66. The molecule has 0 fully saturated rings. The number of rotatable bonds is 4. The predicted molar refractivity (Wildman–Crippen MR) is 60.8 cm³/mol. The Hall–Kier alpha value is -0.470. The van der Waals surface area contributed by atoms with Gasteiger partial charge in [0.2, 0.25) is 0 Å². The van der Waals surface area contributed by atoms with Gasteiger partial charge in [0, 0.05) is 4.91 Å². The van der Waals surface area contributed by atoms with Gasteiger partial charge < -0.3 is 0 Å². The van der Waals surface area contributed by atoms with Crippen molar-refractivity contribution in [3.05, 3.63) is 35.8 Å². The first kappa shape index (κ1) is 14.1. The Labute approximate surface area is 80.6 Å². The van der Waals surface area contributed by atoms with E-state index in [-0.39, 0.29) is 0 Å². The molecule has 0 amide bonds. The molecule has 0 aromatic rings. The van der Waals surface area contributed by atoms with E-state index in [4.69, 9.17) is 5.14 Å². The van der Waals surface area contributed by atoms with Gasteiger partial charge in [-0.2, -0.15) is 0 Å². The highest BCUT2D eigenvalue weighted by Gasteiger charge is 1.83. The highest BCUT2D eigenvalue weighted by atomic mass is 32.2. The van der Waals surface area contributed by atoms with Gasteiger partial charge in [0.15, 0.2) is 0 Å². The molecule has 0 saturated heterocycles. The fourth-order valence-electron chi connectivity index (χ4n) is 0.484. The van der Waals surface area contributed by atoms with Crippen molar-refractivity contribution in [3.8, 4) is 0 Å². The quantitative estimate of drug-likeness (QED) is 0.534. The Kier molecular flexibility index (Phi) is 15.4. The van der Waals surface area contributed by atoms with Crippen LogP contribution in [0, 0.1) is 0 Å². The zero-order chi connectivity index (χ0) is 9.82. The summed E-state index contributed by atoms with van der Waals surface area (Å²) in [5.74, 6) is 0. The predicted octanol–water partition coefficient (Wildman–Crippen LogP) is 3.66. The summed E-state index contributed by atoms with van der Waals surface area (Å²) in [6, 6.07) is 0. The van der Waals surface area contributed by atoms with Gasteiger partial charge in [-0.25, -0.2) is 0 Å². The molecule has 0 rings (SSSR count). The van der Waals surface area contributed by atoms with Crippen LogP contribution in [0.2, 0.25) is 0 Å². The van der Waals surface area contributed by atoms with E-state index in [1.807, 2.05) is 26.0 Å². The van der Waals surface area contributed by atoms with Gasteiger partial charge in [0.05, 0.1) is 0 Å². The Balaban J connectivity index is 0. The van der Waals surface area contributed by atoms with E-state index in [0.29, 0.717) is 0 Å². The molecule has 0 radical (unpaired) electrons. The molecule has 1 nitrogen and oxygen atoms in total. The summed E-state index contributed by atoms with van der Waals surface area (Å²) in [5, 5.41) is 5.35. The standard InChI is InChI=1S/C8H13NS.C2H6/c1-3-5-7-8(10-9)6-4-2;1-2/h4-7H,2-3,9H2,1H3;1-2H3/b7-5-,8-6+;. The fraction of sp³-hybridized carbons (Fsp3) is 0.400. The number of nitrogens with two attached hydrogens (primary N) is 1. The van der Waals surface area contributed by atoms with Crippen LogP contribution in [0.25, 0.3) is 0 Å². The summed E-state index contributed by atoms with van der Waals surface area (Å²) < 4.78 is 0. The average molecular weight is 185 g/mol. The van der Waals surface area contributed by atoms with Gasteiger partial charge in [-0.1, -0.05) is 45.6 Å². The molecular formula is C10H19NS. The van der Waals surface area contributed by atoms with E-state index in [1.165, 1.54) is 11.9 Å². The van der Waals surface area contributed by atoms with Crippen molar-refractivity contribution in [1.29, 1.82) is 0 Å². The van der Waals surface area contributed by atoms with Gasteiger partial charge in [0.25, 0.3) is 0 Å². The normalized spacial score (nSPS) is 10.8. The Morgan fingerprint density at radius 2 is 2.08 bits per heavy atom. The first-order chi connectivity index (χ1) is 5.85. The van der Waals surface area contributed by atoms with E-state index in [9.17, 15) is 0 Å². The molecule has 2 heteroatoms. The van der Waals surface area contributed by atoms with E-state index in [2.05, 4.69) is 19.6 Å². The lowest BCUT2D eigenvalue weighted by molar-refractivity contribution is 1.22. The molecule has 0 aromatic carbocycles. The molecule has 0 saturated carbocycles. The van der Waals surface area contributed by atoms with Gasteiger partial charge in [-0.3, -0.25) is 5.14 Å². The zero-order valence-corrected chi connectivity index (χ0v) is 9.03. The minimum Gasteiger partial charge on any atom is -0.274 e. The Morgan fingerprint density at radius 1 is 1.50 bits per heavy atom. The van der Waals surface area contributed by atoms with Crippen LogP contribution in [-0.2, 0) is 0 Å². The molecule has 0 atom stereocenters. The van der Waals surface area contributed by atoms with E-state index in [1.54, 1.807) is 6.08 Å². The summed E-state index contributed by atoms with van der Waals surface area (Å²) in [7, 11) is 0.